The van der Waals surface area contributed by atoms with Crippen LogP contribution < -0.4 is 10.5 Å². The fourth-order valence-electron chi connectivity index (χ4n) is 1.78. The van der Waals surface area contributed by atoms with E-state index in [-0.39, 0.29) is 6.04 Å². The molecule has 4 heteroatoms. The Hall–Kier alpha value is -1.03. The Morgan fingerprint density at radius 1 is 1.16 bits per heavy atom. The molecule has 2 nitrogen and oxygen atoms in total. The molecule has 0 radical (unpaired) electrons. The van der Waals surface area contributed by atoms with Gasteiger partial charge in [0.2, 0.25) is 0 Å². The molecule has 0 aliphatic heterocycles. The zero-order valence-electron chi connectivity index (χ0n) is 10.8. The van der Waals surface area contributed by atoms with Gasteiger partial charge in [0.1, 0.15) is 11.5 Å². The summed E-state index contributed by atoms with van der Waals surface area (Å²) in [4.78, 5) is 0. The summed E-state index contributed by atoms with van der Waals surface area (Å²) in [6, 6.07) is 11.4. The van der Waals surface area contributed by atoms with Crippen molar-refractivity contribution in [1.29, 1.82) is 0 Å². The summed E-state index contributed by atoms with van der Waals surface area (Å²) in [6.07, 6.45) is 0. The van der Waals surface area contributed by atoms with Gasteiger partial charge in [-0.05, 0) is 43.7 Å². The summed E-state index contributed by atoms with van der Waals surface area (Å²) in [5.41, 5.74) is 7.99. The van der Waals surface area contributed by atoms with Crippen LogP contribution in [0.25, 0.3) is 0 Å². The van der Waals surface area contributed by atoms with Crippen molar-refractivity contribution in [3.05, 3.63) is 57.0 Å². The van der Waals surface area contributed by atoms with Gasteiger partial charge in [0, 0.05) is 16.1 Å². The van der Waals surface area contributed by atoms with Crippen molar-refractivity contribution in [2.24, 2.45) is 5.73 Å². The second-order valence-electron chi connectivity index (χ2n) is 4.51. The van der Waals surface area contributed by atoms with Crippen LogP contribution in [0.5, 0.6) is 11.5 Å². The van der Waals surface area contributed by atoms with E-state index in [4.69, 9.17) is 22.1 Å². The Labute approximate surface area is 126 Å². The number of hydrogen-bond acceptors (Lipinski definition) is 2. The zero-order chi connectivity index (χ0) is 14.0. The average molecular weight is 341 g/mol. The van der Waals surface area contributed by atoms with E-state index >= 15 is 0 Å². The molecule has 2 aromatic carbocycles. The maximum Gasteiger partial charge on any atom is 0.146 e. The third-order valence-corrected chi connectivity index (χ3v) is 3.56. The number of ether oxygens (including phenoxy) is 1. The maximum atomic E-state index is 6.18. The molecule has 0 amide bonds. The van der Waals surface area contributed by atoms with Crippen LogP contribution >= 0.6 is 27.5 Å². The summed E-state index contributed by atoms with van der Waals surface area (Å²) < 4.78 is 6.84. The highest BCUT2D eigenvalue weighted by molar-refractivity contribution is 9.10. The number of rotatable bonds is 3. The maximum absolute atomic E-state index is 6.18. The van der Waals surface area contributed by atoms with Gasteiger partial charge in [-0.25, -0.2) is 0 Å². The lowest BCUT2D eigenvalue weighted by atomic mass is 10.1. The molecule has 19 heavy (non-hydrogen) atoms. The van der Waals surface area contributed by atoms with E-state index in [0.29, 0.717) is 10.8 Å². The minimum Gasteiger partial charge on any atom is -0.455 e. The first-order valence-electron chi connectivity index (χ1n) is 5.96. The molecule has 1 atom stereocenters. The van der Waals surface area contributed by atoms with E-state index < -0.39 is 0 Å². The summed E-state index contributed by atoms with van der Waals surface area (Å²) in [5.74, 6) is 1.35. The van der Waals surface area contributed by atoms with Crippen LogP contribution in [0.4, 0.5) is 0 Å². The number of hydrogen-bond donors (Lipinski definition) is 1. The smallest absolute Gasteiger partial charge is 0.146 e. The highest BCUT2D eigenvalue weighted by Crippen LogP contribution is 2.35. The normalized spacial score (nSPS) is 12.3. The van der Waals surface area contributed by atoms with Crippen LogP contribution in [0.15, 0.2) is 40.9 Å². The predicted molar refractivity (Wildman–Crippen MR) is 83.0 cm³/mol. The van der Waals surface area contributed by atoms with Crippen molar-refractivity contribution < 1.29 is 4.74 Å². The molecule has 0 fully saturated rings. The van der Waals surface area contributed by atoms with Crippen molar-refractivity contribution in [2.75, 3.05) is 0 Å². The summed E-state index contributed by atoms with van der Waals surface area (Å²) in [7, 11) is 0. The first kappa shape index (κ1) is 14.4. The van der Waals surface area contributed by atoms with Crippen molar-refractivity contribution in [2.45, 2.75) is 19.9 Å². The number of aryl methyl sites for hydroxylation is 1. The van der Waals surface area contributed by atoms with Gasteiger partial charge in [0.25, 0.3) is 0 Å². The quantitative estimate of drug-likeness (QED) is 0.831. The van der Waals surface area contributed by atoms with Crippen LogP contribution in [0, 0.1) is 6.92 Å². The Morgan fingerprint density at radius 3 is 2.53 bits per heavy atom. The highest BCUT2D eigenvalue weighted by Gasteiger charge is 2.11. The van der Waals surface area contributed by atoms with Gasteiger partial charge in [-0.1, -0.05) is 39.7 Å². The van der Waals surface area contributed by atoms with Crippen LogP contribution in [0.3, 0.4) is 0 Å². The van der Waals surface area contributed by atoms with Crippen LogP contribution in [0.2, 0.25) is 5.02 Å². The third-order valence-electron chi connectivity index (χ3n) is 2.77. The van der Waals surface area contributed by atoms with Gasteiger partial charge in [-0.2, -0.15) is 0 Å². The molecule has 2 aromatic rings. The van der Waals surface area contributed by atoms with Crippen molar-refractivity contribution in [3.8, 4) is 11.5 Å². The minimum atomic E-state index is -0.104. The number of halogens is 2. The van der Waals surface area contributed by atoms with Gasteiger partial charge in [-0.3, -0.25) is 0 Å². The van der Waals surface area contributed by atoms with Crippen molar-refractivity contribution in [3.63, 3.8) is 0 Å². The average Bonchev–Trinajstić information content (AvgIpc) is 2.32. The predicted octanol–water partition coefficient (Wildman–Crippen LogP) is 5.22. The fraction of sp³-hybridized carbons (Fsp3) is 0.200. The first-order chi connectivity index (χ1) is 8.97. The molecule has 0 aliphatic carbocycles. The molecule has 0 spiro atoms. The minimum absolute atomic E-state index is 0.104. The monoisotopic (exact) mass is 339 g/mol. The molecular formula is C15H15BrClNO. The van der Waals surface area contributed by atoms with Gasteiger partial charge in [-0.15, -0.1) is 0 Å². The first-order valence-corrected chi connectivity index (χ1v) is 7.13. The second kappa shape index (κ2) is 5.95. The van der Waals surface area contributed by atoms with Crippen molar-refractivity contribution in [1.82, 2.24) is 0 Å². The lowest BCUT2D eigenvalue weighted by molar-refractivity contribution is 0.472. The molecule has 100 valence electrons. The van der Waals surface area contributed by atoms with E-state index in [1.165, 1.54) is 0 Å². The van der Waals surface area contributed by atoms with Crippen LogP contribution in [0.1, 0.15) is 24.1 Å². The summed E-state index contributed by atoms with van der Waals surface area (Å²) >= 11 is 9.62. The Morgan fingerprint density at radius 2 is 1.89 bits per heavy atom. The van der Waals surface area contributed by atoms with E-state index in [2.05, 4.69) is 15.9 Å². The largest absolute Gasteiger partial charge is 0.455 e. The molecule has 0 saturated heterocycles. The van der Waals surface area contributed by atoms with E-state index in [0.717, 1.165) is 21.3 Å². The summed E-state index contributed by atoms with van der Waals surface area (Å²) in [6.45, 7) is 3.91. The molecule has 0 aliphatic rings. The van der Waals surface area contributed by atoms with Crippen LogP contribution in [-0.2, 0) is 0 Å². The second-order valence-corrected chi connectivity index (χ2v) is 5.83. The molecule has 2 N–H and O–H groups in total. The molecular weight excluding hydrogens is 326 g/mol. The molecule has 0 saturated carbocycles. The van der Waals surface area contributed by atoms with Crippen molar-refractivity contribution >= 4 is 27.5 Å². The van der Waals surface area contributed by atoms with Gasteiger partial charge in [0.15, 0.2) is 0 Å². The lowest BCUT2D eigenvalue weighted by Crippen LogP contribution is -2.06. The number of nitrogens with two attached hydrogens (primary N) is 1. The summed E-state index contributed by atoms with van der Waals surface area (Å²) in [5, 5.41) is 0.593. The van der Waals surface area contributed by atoms with E-state index in [1.807, 2.05) is 50.2 Å². The fourth-order valence-corrected chi connectivity index (χ4v) is 2.39. The van der Waals surface area contributed by atoms with Gasteiger partial charge in [0.05, 0.1) is 5.02 Å². The molecule has 0 bridgehead atoms. The van der Waals surface area contributed by atoms with Gasteiger partial charge >= 0.3 is 0 Å². The standard InChI is InChI=1S/C15H15BrClNO/c1-9-3-6-14(13(17)7-9)19-15-8-11(16)4-5-12(15)10(2)18/h3-8,10H,18H2,1-2H3. The Balaban J connectivity index is 2.39. The number of benzene rings is 2. The van der Waals surface area contributed by atoms with E-state index in [1.54, 1.807) is 0 Å². The molecule has 1 unspecified atom stereocenters. The third kappa shape index (κ3) is 3.50. The molecule has 2 rings (SSSR count). The topological polar surface area (TPSA) is 35.2 Å². The molecule has 0 heterocycles. The molecule has 0 aromatic heterocycles. The SMILES string of the molecule is Cc1ccc(Oc2cc(Br)ccc2C(C)N)c(Cl)c1. The highest BCUT2D eigenvalue weighted by atomic mass is 79.9. The van der Waals surface area contributed by atoms with E-state index in [9.17, 15) is 0 Å². The van der Waals surface area contributed by atoms with Crippen LogP contribution in [-0.4, -0.2) is 0 Å². The zero-order valence-corrected chi connectivity index (χ0v) is 13.1. The Kier molecular flexibility index (Phi) is 4.50. The van der Waals surface area contributed by atoms with Gasteiger partial charge < -0.3 is 10.5 Å². The Bertz CT molecular complexity index is 599. The lowest BCUT2D eigenvalue weighted by Gasteiger charge is -2.15.